The molecule has 16 heavy (non-hydrogen) atoms. The first-order valence-corrected chi connectivity index (χ1v) is 7.17. The van der Waals surface area contributed by atoms with E-state index in [1.165, 1.54) is 25.7 Å². The Balaban J connectivity index is 1.80. The number of fused-ring (bicyclic) bond motifs is 1. The molecule has 2 aliphatic rings. The van der Waals surface area contributed by atoms with Crippen molar-refractivity contribution in [3.8, 4) is 0 Å². The Morgan fingerprint density at radius 3 is 2.50 bits per heavy atom. The summed E-state index contributed by atoms with van der Waals surface area (Å²) in [4.78, 5) is 12.1. The third-order valence-corrected chi connectivity index (χ3v) is 4.47. The monoisotopic (exact) mass is 243 g/mol. The van der Waals surface area contributed by atoms with Crippen molar-refractivity contribution in [1.82, 2.24) is 5.32 Å². The molecule has 2 rings (SSSR count). The van der Waals surface area contributed by atoms with E-state index in [0.29, 0.717) is 29.5 Å². The summed E-state index contributed by atoms with van der Waals surface area (Å²) in [7, 11) is 0. The quantitative estimate of drug-likeness (QED) is 0.740. The van der Waals surface area contributed by atoms with Gasteiger partial charge in [0.25, 0.3) is 0 Å². The van der Waals surface area contributed by atoms with Crippen molar-refractivity contribution in [1.29, 1.82) is 0 Å². The highest BCUT2D eigenvalue weighted by atomic mass is 35.5. The average molecular weight is 244 g/mol. The molecule has 0 aromatic carbocycles. The lowest BCUT2D eigenvalue weighted by molar-refractivity contribution is -0.123. The van der Waals surface area contributed by atoms with Crippen LogP contribution in [0.25, 0.3) is 0 Å². The zero-order chi connectivity index (χ0) is 11.5. The third kappa shape index (κ3) is 2.53. The van der Waals surface area contributed by atoms with Crippen LogP contribution in [0.3, 0.4) is 0 Å². The number of amides is 1. The molecule has 0 saturated heterocycles. The number of alkyl halides is 1. The first kappa shape index (κ1) is 12.2. The second-order valence-corrected chi connectivity index (χ2v) is 5.61. The van der Waals surface area contributed by atoms with E-state index in [2.05, 4.69) is 12.2 Å². The summed E-state index contributed by atoms with van der Waals surface area (Å²) in [5.41, 5.74) is 0. The lowest BCUT2D eigenvalue weighted by Crippen LogP contribution is -2.36. The van der Waals surface area contributed by atoms with Crippen LogP contribution in [0.2, 0.25) is 0 Å². The van der Waals surface area contributed by atoms with Gasteiger partial charge in [-0.1, -0.05) is 19.8 Å². The van der Waals surface area contributed by atoms with E-state index >= 15 is 0 Å². The van der Waals surface area contributed by atoms with Gasteiger partial charge < -0.3 is 5.32 Å². The smallest absolute Gasteiger partial charge is 0.223 e. The van der Waals surface area contributed by atoms with Gasteiger partial charge in [-0.25, -0.2) is 0 Å². The van der Waals surface area contributed by atoms with Gasteiger partial charge in [-0.3, -0.25) is 4.79 Å². The molecule has 2 nitrogen and oxygen atoms in total. The van der Waals surface area contributed by atoms with Gasteiger partial charge in [-0.15, -0.1) is 11.6 Å². The fourth-order valence-corrected chi connectivity index (χ4v) is 3.45. The summed E-state index contributed by atoms with van der Waals surface area (Å²) in [6, 6.07) is 0.285. The molecule has 3 unspecified atom stereocenters. The molecule has 0 aromatic heterocycles. The van der Waals surface area contributed by atoms with E-state index in [4.69, 9.17) is 11.6 Å². The summed E-state index contributed by atoms with van der Waals surface area (Å²) >= 11 is 5.72. The van der Waals surface area contributed by atoms with Crippen molar-refractivity contribution in [3.63, 3.8) is 0 Å². The van der Waals surface area contributed by atoms with Crippen LogP contribution in [0.5, 0.6) is 0 Å². The summed E-state index contributed by atoms with van der Waals surface area (Å²) in [6.07, 6.45) is 7.07. The Labute approximate surface area is 103 Å². The van der Waals surface area contributed by atoms with Crippen molar-refractivity contribution >= 4 is 17.5 Å². The highest BCUT2D eigenvalue weighted by Gasteiger charge is 2.54. The van der Waals surface area contributed by atoms with E-state index in [9.17, 15) is 4.79 Å². The highest BCUT2D eigenvalue weighted by molar-refractivity contribution is 6.17. The van der Waals surface area contributed by atoms with Crippen LogP contribution in [0, 0.1) is 17.8 Å². The molecule has 3 heteroatoms. The zero-order valence-electron chi connectivity index (χ0n) is 10.0. The first-order chi connectivity index (χ1) is 7.77. The van der Waals surface area contributed by atoms with Crippen LogP contribution in [-0.2, 0) is 4.79 Å². The van der Waals surface area contributed by atoms with Gasteiger partial charge >= 0.3 is 0 Å². The first-order valence-electron chi connectivity index (χ1n) is 6.64. The van der Waals surface area contributed by atoms with Crippen LogP contribution >= 0.6 is 11.6 Å². The molecule has 2 saturated carbocycles. The van der Waals surface area contributed by atoms with Crippen LogP contribution in [0.15, 0.2) is 0 Å². The molecule has 3 atom stereocenters. The summed E-state index contributed by atoms with van der Waals surface area (Å²) in [5, 5.41) is 3.16. The zero-order valence-corrected chi connectivity index (χ0v) is 10.8. The average Bonchev–Trinajstić information content (AvgIpc) is 3.02. The molecule has 0 aromatic rings. The number of hydrogen-bond donors (Lipinski definition) is 1. The van der Waals surface area contributed by atoms with Crippen molar-refractivity contribution < 1.29 is 4.79 Å². The number of carbonyl (C=O) groups is 1. The van der Waals surface area contributed by atoms with E-state index in [0.717, 1.165) is 12.8 Å². The lowest BCUT2D eigenvalue weighted by Gasteiger charge is -2.15. The minimum absolute atomic E-state index is 0.285. The Morgan fingerprint density at radius 2 is 2.00 bits per heavy atom. The van der Waals surface area contributed by atoms with Gasteiger partial charge in [0.1, 0.15) is 0 Å². The van der Waals surface area contributed by atoms with Gasteiger partial charge in [0, 0.05) is 17.8 Å². The Morgan fingerprint density at radius 1 is 1.38 bits per heavy atom. The fourth-order valence-electron chi connectivity index (χ4n) is 3.19. The van der Waals surface area contributed by atoms with Gasteiger partial charge in [0.05, 0.1) is 0 Å². The molecule has 2 aliphatic carbocycles. The van der Waals surface area contributed by atoms with Crippen LogP contribution in [-0.4, -0.2) is 17.8 Å². The van der Waals surface area contributed by atoms with Gasteiger partial charge in [0.15, 0.2) is 0 Å². The fraction of sp³-hybridized carbons (Fsp3) is 0.923. The Hall–Kier alpha value is -0.240. The lowest BCUT2D eigenvalue weighted by atomic mass is 10.0. The number of rotatable bonds is 5. The second-order valence-electron chi connectivity index (χ2n) is 5.23. The van der Waals surface area contributed by atoms with E-state index in [1.807, 2.05) is 0 Å². The maximum Gasteiger partial charge on any atom is 0.223 e. The largest absolute Gasteiger partial charge is 0.353 e. The molecule has 0 aliphatic heterocycles. The maximum absolute atomic E-state index is 12.1. The summed E-state index contributed by atoms with van der Waals surface area (Å²) in [5.74, 6) is 2.70. The van der Waals surface area contributed by atoms with Crippen molar-refractivity contribution in [2.45, 2.75) is 51.5 Å². The minimum atomic E-state index is 0.285. The molecule has 1 amide bonds. The predicted octanol–water partition coefficient (Wildman–Crippen LogP) is 2.95. The molecule has 0 radical (unpaired) electrons. The topological polar surface area (TPSA) is 29.1 Å². The van der Waals surface area contributed by atoms with Crippen LogP contribution < -0.4 is 5.32 Å². The second kappa shape index (κ2) is 5.39. The van der Waals surface area contributed by atoms with Gasteiger partial charge in [-0.2, -0.15) is 0 Å². The normalized spacial score (nSPS) is 34.0. The molecule has 0 heterocycles. The van der Waals surface area contributed by atoms with E-state index < -0.39 is 0 Å². The van der Waals surface area contributed by atoms with Crippen molar-refractivity contribution in [3.05, 3.63) is 0 Å². The van der Waals surface area contributed by atoms with Crippen molar-refractivity contribution in [2.24, 2.45) is 17.8 Å². The standard InChI is InChI=1S/C13H22ClNO/c1-2-9(7-8-14)15-13(16)12-10-5-3-4-6-11(10)12/h9-12H,2-8H2,1H3,(H,15,16). The van der Waals surface area contributed by atoms with Gasteiger partial charge in [-0.05, 0) is 37.5 Å². The number of halogens is 1. The molecular formula is C13H22ClNO. The molecule has 92 valence electrons. The van der Waals surface area contributed by atoms with E-state index in [-0.39, 0.29) is 6.04 Å². The maximum atomic E-state index is 12.1. The molecule has 0 bridgehead atoms. The van der Waals surface area contributed by atoms with Gasteiger partial charge in [0.2, 0.25) is 5.91 Å². The minimum Gasteiger partial charge on any atom is -0.353 e. The van der Waals surface area contributed by atoms with E-state index in [1.54, 1.807) is 0 Å². The SMILES string of the molecule is CCC(CCCl)NC(=O)C1C2CCCCC21. The Kier molecular flexibility index (Phi) is 4.12. The predicted molar refractivity (Wildman–Crippen MR) is 66.5 cm³/mol. The number of carbonyl (C=O) groups excluding carboxylic acids is 1. The van der Waals surface area contributed by atoms with Crippen LogP contribution in [0.4, 0.5) is 0 Å². The number of nitrogens with one attached hydrogen (secondary N) is 1. The van der Waals surface area contributed by atoms with Crippen molar-refractivity contribution in [2.75, 3.05) is 5.88 Å². The molecular weight excluding hydrogens is 222 g/mol. The third-order valence-electron chi connectivity index (χ3n) is 4.26. The summed E-state index contributed by atoms with van der Waals surface area (Å²) < 4.78 is 0. The highest BCUT2D eigenvalue weighted by Crippen LogP contribution is 2.55. The Bertz CT molecular complexity index is 244. The molecule has 0 spiro atoms. The number of hydrogen-bond acceptors (Lipinski definition) is 1. The molecule has 1 N–H and O–H groups in total. The molecule has 2 fully saturated rings. The summed E-state index contributed by atoms with van der Waals surface area (Å²) in [6.45, 7) is 2.11. The van der Waals surface area contributed by atoms with Crippen LogP contribution in [0.1, 0.15) is 45.4 Å².